The summed E-state index contributed by atoms with van der Waals surface area (Å²) in [7, 11) is 0. The first kappa shape index (κ1) is 21.9. The van der Waals surface area contributed by atoms with Crippen molar-refractivity contribution in [3.8, 4) is 11.4 Å². The van der Waals surface area contributed by atoms with Crippen LogP contribution in [0.2, 0.25) is 0 Å². The minimum Gasteiger partial charge on any atom is -0.395 e. The molecule has 178 valence electrons. The molecule has 6 rings (SSSR count). The summed E-state index contributed by atoms with van der Waals surface area (Å²) < 4.78 is 5.56. The molecule has 1 aliphatic heterocycles. The second-order valence-corrected chi connectivity index (χ2v) is 8.46. The number of amides is 1. The van der Waals surface area contributed by atoms with Crippen molar-refractivity contribution >= 4 is 44.9 Å². The van der Waals surface area contributed by atoms with Gasteiger partial charge in [0, 0.05) is 36.6 Å². The van der Waals surface area contributed by atoms with E-state index in [0.29, 0.717) is 60.2 Å². The molecule has 0 bridgehead atoms. The van der Waals surface area contributed by atoms with E-state index < -0.39 is 0 Å². The van der Waals surface area contributed by atoms with Crippen LogP contribution >= 0.6 is 0 Å². The number of hydrogen-bond donors (Lipinski definition) is 2. The molecule has 9 heteroatoms. The molecule has 3 N–H and O–H groups in total. The molecule has 2 aromatic heterocycles. The van der Waals surface area contributed by atoms with Crippen LogP contribution < -0.4 is 16.0 Å². The SMILES string of the molecule is Nc1c(NC(=O)c2cccc3ccccc23)ccc(-c2ncc3nccnc3n2)c1N1CCOCC1. The van der Waals surface area contributed by atoms with E-state index in [1.165, 1.54) is 0 Å². The van der Waals surface area contributed by atoms with Gasteiger partial charge in [0.2, 0.25) is 0 Å². The Morgan fingerprint density at radius 1 is 0.944 bits per heavy atom. The van der Waals surface area contributed by atoms with Gasteiger partial charge >= 0.3 is 0 Å². The second-order valence-electron chi connectivity index (χ2n) is 8.46. The highest BCUT2D eigenvalue weighted by Crippen LogP contribution is 2.40. The van der Waals surface area contributed by atoms with E-state index in [2.05, 4.69) is 30.2 Å². The standard InChI is InChI=1S/C27H23N7O2/c28-23-21(32-27(35)19-7-3-5-17-4-1-2-6-18(17)19)9-8-20(24(23)34-12-14-36-15-13-34)25-31-16-22-26(33-25)30-11-10-29-22/h1-11,16H,12-15,28H2,(H,32,35). The first-order valence-corrected chi connectivity index (χ1v) is 11.7. The third kappa shape index (κ3) is 3.95. The molecule has 3 aromatic carbocycles. The number of carbonyl (C=O) groups excluding carboxylic acids is 1. The molecule has 1 fully saturated rings. The fraction of sp³-hybridized carbons (Fsp3) is 0.148. The maximum atomic E-state index is 13.3. The number of benzene rings is 3. The smallest absolute Gasteiger partial charge is 0.256 e. The lowest BCUT2D eigenvalue weighted by Crippen LogP contribution is -2.37. The van der Waals surface area contributed by atoms with Gasteiger partial charge in [-0.3, -0.25) is 4.79 Å². The van der Waals surface area contributed by atoms with Gasteiger partial charge in [-0.25, -0.2) is 19.9 Å². The highest BCUT2D eigenvalue weighted by atomic mass is 16.5. The van der Waals surface area contributed by atoms with E-state index in [0.717, 1.165) is 22.0 Å². The lowest BCUT2D eigenvalue weighted by atomic mass is 10.0. The Balaban J connectivity index is 1.43. The van der Waals surface area contributed by atoms with Crippen LogP contribution in [0.25, 0.3) is 33.3 Å². The fourth-order valence-electron chi connectivity index (χ4n) is 4.54. The number of fused-ring (bicyclic) bond motifs is 2. The Morgan fingerprint density at radius 3 is 2.64 bits per heavy atom. The summed E-state index contributed by atoms with van der Waals surface area (Å²) in [5.74, 6) is 0.263. The number of carbonyl (C=O) groups is 1. The summed E-state index contributed by atoms with van der Waals surface area (Å²) in [6.45, 7) is 2.47. The van der Waals surface area contributed by atoms with Gasteiger partial charge in [-0.2, -0.15) is 0 Å². The zero-order valence-corrected chi connectivity index (χ0v) is 19.4. The minimum absolute atomic E-state index is 0.226. The molecular weight excluding hydrogens is 454 g/mol. The van der Waals surface area contributed by atoms with Gasteiger partial charge in [0.25, 0.3) is 5.91 Å². The van der Waals surface area contributed by atoms with E-state index in [-0.39, 0.29) is 5.91 Å². The van der Waals surface area contributed by atoms with Crippen LogP contribution in [-0.2, 0) is 4.74 Å². The van der Waals surface area contributed by atoms with Crippen molar-refractivity contribution in [2.75, 3.05) is 42.3 Å². The van der Waals surface area contributed by atoms with Gasteiger partial charge in [-0.1, -0.05) is 36.4 Å². The molecule has 0 unspecified atom stereocenters. The topological polar surface area (TPSA) is 119 Å². The first-order valence-electron chi connectivity index (χ1n) is 11.7. The number of nitrogens with one attached hydrogen (secondary N) is 1. The van der Waals surface area contributed by atoms with Crippen LogP contribution in [0.4, 0.5) is 17.1 Å². The molecule has 0 saturated carbocycles. The van der Waals surface area contributed by atoms with Gasteiger partial charge in [0.1, 0.15) is 5.52 Å². The lowest BCUT2D eigenvalue weighted by Gasteiger charge is -2.32. The summed E-state index contributed by atoms with van der Waals surface area (Å²) in [6.07, 6.45) is 4.86. The van der Waals surface area contributed by atoms with E-state index in [4.69, 9.17) is 10.5 Å². The predicted octanol–water partition coefficient (Wildman–Crippen LogP) is 3.91. The predicted molar refractivity (Wildman–Crippen MR) is 140 cm³/mol. The Labute approximate surface area is 207 Å². The number of ether oxygens (including phenoxy) is 1. The number of nitrogens with two attached hydrogens (primary N) is 1. The van der Waals surface area contributed by atoms with E-state index >= 15 is 0 Å². The number of hydrogen-bond acceptors (Lipinski definition) is 8. The van der Waals surface area contributed by atoms with Crippen LogP contribution in [0.5, 0.6) is 0 Å². The van der Waals surface area contributed by atoms with Crippen LogP contribution in [0, 0.1) is 0 Å². The summed E-state index contributed by atoms with van der Waals surface area (Å²) >= 11 is 0. The summed E-state index contributed by atoms with van der Waals surface area (Å²) in [5, 5.41) is 4.90. The van der Waals surface area contributed by atoms with Crippen molar-refractivity contribution in [2.45, 2.75) is 0 Å². The molecule has 0 spiro atoms. The third-order valence-electron chi connectivity index (χ3n) is 6.29. The van der Waals surface area contributed by atoms with Crippen LogP contribution in [0.15, 0.2) is 73.2 Å². The summed E-state index contributed by atoms with van der Waals surface area (Å²) in [4.78, 5) is 33.2. The normalized spacial score (nSPS) is 13.7. The van der Waals surface area contributed by atoms with Gasteiger partial charge in [0.05, 0.1) is 36.5 Å². The molecule has 5 aromatic rings. The quantitative estimate of drug-likeness (QED) is 0.374. The molecule has 0 aliphatic carbocycles. The van der Waals surface area contributed by atoms with Crippen LogP contribution in [0.1, 0.15) is 10.4 Å². The number of anilines is 3. The van der Waals surface area contributed by atoms with Gasteiger partial charge in [0.15, 0.2) is 11.5 Å². The lowest BCUT2D eigenvalue weighted by molar-refractivity contribution is 0.102. The molecule has 36 heavy (non-hydrogen) atoms. The Hall–Kier alpha value is -4.63. The Morgan fingerprint density at radius 2 is 1.75 bits per heavy atom. The van der Waals surface area contributed by atoms with Crippen molar-refractivity contribution < 1.29 is 9.53 Å². The number of rotatable bonds is 4. The minimum atomic E-state index is -0.226. The average molecular weight is 478 g/mol. The fourth-order valence-corrected chi connectivity index (χ4v) is 4.54. The number of nitrogens with zero attached hydrogens (tertiary/aromatic N) is 5. The number of nitrogen functional groups attached to an aromatic ring is 1. The van der Waals surface area contributed by atoms with Crippen LogP contribution in [-0.4, -0.2) is 52.1 Å². The van der Waals surface area contributed by atoms with Crippen molar-refractivity contribution in [1.29, 1.82) is 0 Å². The van der Waals surface area contributed by atoms with E-state index in [1.54, 1.807) is 24.7 Å². The second kappa shape index (κ2) is 9.20. The van der Waals surface area contributed by atoms with Crippen molar-refractivity contribution in [3.05, 3.63) is 78.8 Å². The molecular formula is C27H23N7O2. The zero-order chi connectivity index (χ0) is 24.5. The number of morpholine rings is 1. The summed E-state index contributed by atoms with van der Waals surface area (Å²) in [6, 6.07) is 17.2. The molecule has 3 heterocycles. The Kier molecular flexibility index (Phi) is 5.59. The zero-order valence-electron chi connectivity index (χ0n) is 19.4. The largest absolute Gasteiger partial charge is 0.395 e. The van der Waals surface area contributed by atoms with Crippen molar-refractivity contribution in [3.63, 3.8) is 0 Å². The molecule has 9 nitrogen and oxygen atoms in total. The molecule has 1 aliphatic rings. The summed E-state index contributed by atoms with van der Waals surface area (Å²) in [5.41, 5.74) is 10.9. The average Bonchev–Trinajstić information content (AvgIpc) is 2.94. The van der Waals surface area contributed by atoms with Gasteiger partial charge in [-0.15, -0.1) is 0 Å². The Bertz CT molecular complexity index is 1590. The highest BCUT2D eigenvalue weighted by molar-refractivity contribution is 6.14. The van der Waals surface area contributed by atoms with Gasteiger partial charge < -0.3 is 20.7 Å². The van der Waals surface area contributed by atoms with E-state index in [9.17, 15) is 4.79 Å². The first-order chi connectivity index (χ1) is 17.7. The third-order valence-corrected chi connectivity index (χ3v) is 6.29. The number of aromatic nitrogens is 4. The molecule has 1 amide bonds. The highest BCUT2D eigenvalue weighted by Gasteiger charge is 2.23. The monoisotopic (exact) mass is 477 g/mol. The van der Waals surface area contributed by atoms with Crippen molar-refractivity contribution in [2.24, 2.45) is 0 Å². The van der Waals surface area contributed by atoms with Gasteiger partial charge in [-0.05, 0) is 29.0 Å². The van der Waals surface area contributed by atoms with Crippen molar-refractivity contribution in [1.82, 2.24) is 19.9 Å². The molecule has 0 radical (unpaired) electrons. The molecule has 0 atom stereocenters. The van der Waals surface area contributed by atoms with E-state index in [1.807, 2.05) is 48.5 Å². The maximum absolute atomic E-state index is 13.3. The molecule has 1 saturated heterocycles. The maximum Gasteiger partial charge on any atom is 0.256 e. The van der Waals surface area contributed by atoms with Crippen LogP contribution in [0.3, 0.4) is 0 Å².